The molecule has 0 amide bonds. The average Bonchev–Trinajstić information content (AvgIpc) is 2.18. The summed E-state index contributed by atoms with van der Waals surface area (Å²) in [4.78, 5) is 6.52. The fourth-order valence-corrected chi connectivity index (χ4v) is 1.28. The topological polar surface area (TPSA) is 16.1 Å². The summed E-state index contributed by atoms with van der Waals surface area (Å²) < 4.78 is 0. The number of rotatable bonds is 4. The highest BCUT2D eigenvalue weighted by Crippen LogP contribution is 2.17. The molecule has 0 aliphatic heterocycles. The van der Waals surface area contributed by atoms with Gasteiger partial charge in [-0.25, -0.2) is 0 Å². The molecule has 0 bridgehead atoms. The lowest BCUT2D eigenvalue weighted by molar-refractivity contribution is 0.308. The largest absolute Gasteiger partial charge is 0.294 e. The Morgan fingerprint density at radius 3 is 2.85 bits per heavy atom. The van der Waals surface area contributed by atoms with E-state index in [1.807, 2.05) is 18.3 Å². The Labute approximate surface area is 80.6 Å². The molecule has 1 heterocycles. The Morgan fingerprint density at radius 1 is 1.54 bits per heavy atom. The van der Waals surface area contributed by atoms with Gasteiger partial charge >= 0.3 is 0 Å². The number of hydrogen-bond acceptors (Lipinski definition) is 2. The molecule has 0 aliphatic rings. The normalized spacial score (nSPS) is 13.2. The summed E-state index contributed by atoms with van der Waals surface area (Å²) in [6.45, 7) is 6.48. The predicted octanol–water partition coefficient (Wildman–Crippen LogP) is 2.65. The summed E-state index contributed by atoms with van der Waals surface area (Å²) in [5, 5.41) is 0. The van der Waals surface area contributed by atoms with E-state index in [1.54, 1.807) is 0 Å². The molecule has 1 unspecified atom stereocenters. The number of hydrogen-bond donors (Lipinski definition) is 0. The summed E-state index contributed by atoms with van der Waals surface area (Å²) in [7, 11) is 2.09. The Balaban J connectivity index is 2.62. The molecule has 0 aromatic carbocycles. The lowest BCUT2D eigenvalue weighted by Gasteiger charge is -2.22. The van der Waals surface area contributed by atoms with Crippen LogP contribution in [-0.4, -0.2) is 16.9 Å². The van der Waals surface area contributed by atoms with Crippen molar-refractivity contribution in [3.63, 3.8) is 0 Å². The predicted molar refractivity (Wildman–Crippen MR) is 55.0 cm³/mol. The van der Waals surface area contributed by atoms with Crippen molar-refractivity contribution in [2.24, 2.45) is 0 Å². The standard InChI is InChI=1S/C11H17N2/c1-4-9-13(3)10(2)11-7-5-6-8-12-11/h5-10H,4H2,1-3H3. The molecule has 71 valence electrons. The van der Waals surface area contributed by atoms with Crippen LogP contribution in [0.5, 0.6) is 0 Å². The molecular formula is C11H17N2. The Bertz CT molecular complexity index is 233. The number of pyridine rings is 1. The van der Waals surface area contributed by atoms with Crippen LogP contribution >= 0.6 is 0 Å². The fourth-order valence-electron chi connectivity index (χ4n) is 1.28. The van der Waals surface area contributed by atoms with Crippen LogP contribution in [0.4, 0.5) is 0 Å². The molecule has 0 N–H and O–H groups in total. The lowest BCUT2D eigenvalue weighted by Crippen LogP contribution is -2.19. The fraction of sp³-hybridized carbons (Fsp3) is 0.455. The van der Waals surface area contributed by atoms with Gasteiger partial charge in [0.25, 0.3) is 0 Å². The van der Waals surface area contributed by atoms with Gasteiger partial charge in [-0.15, -0.1) is 0 Å². The van der Waals surface area contributed by atoms with Gasteiger partial charge in [0.1, 0.15) is 0 Å². The van der Waals surface area contributed by atoms with Gasteiger partial charge in [-0.05, 0) is 32.5 Å². The maximum atomic E-state index is 4.32. The number of nitrogens with zero attached hydrogens (tertiary/aromatic N) is 2. The zero-order valence-electron chi connectivity index (χ0n) is 8.57. The lowest BCUT2D eigenvalue weighted by atomic mass is 10.2. The molecule has 0 saturated carbocycles. The Kier molecular flexibility index (Phi) is 3.90. The van der Waals surface area contributed by atoms with Gasteiger partial charge in [-0.2, -0.15) is 0 Å². The van der Waals surface area contributed by atoms with Crippen LogP contribution in [-0.2, 0) is 0 Å². The van der Waals surface area contributed by atoms with Crippen molar-refractivity contribution in [3.05, 3.63) is 36.6 Å². The smallest absolute Gasteiger partial charge is 0.0572 e. The highest BCUT2D eigenvalue weighted by molar-refractivity contribution is 5.08. The quantitative estimate of drug-likeness (QED) is 0.703. The van der Waals surface area contributed by atoms with Crippen molar-refractivity contribution in [1.82, 2.24) is 9.88 Å². The van der Waals surface area contributed by atoms with Gasteiger partial charge in [-0.1, -0.05) is 13.0 Å². The molecule has 1 radical (unpaired) electrons. The molecule has 1 aromatic heterocycles. The minimum absolute atomic E-state index is 0.362. The Morgan fingerprint density at radius 2 is 2.31 bits per heavy atom. The second-order valence-electron chi connectivity index (χ2n) is 3.19. The van der Waals surface area contributed by atoms with Crippen LogP contribution in [0.2, 0.25) is 0 Å². The van der Waals surface area contributed by atoms with Gasteiger partial charge in [0.2, 0.25) is 0 Å². The summed E-state index contributed by atoms with van der Waals surface area (Å²) in [6, 6.07) is 6.39. The molecule has 2 nitrogen and oxygen atoms in total. The first-order chi connectivity index (χ1) is 6.25. The van der Waals surface area contributed by atoms with E-state index in [9.17, 15) is 0 Å². The molecule has 1 rings (SSSR count). The van der Waals surface area contributed by atoms with Gasteiger partial charge in [0.15, 0.2) is 0 Å². The highest BCUT2D eigenvalue weighted by atomic mass is 15.1. The van der Waals surface area contributed by atoms with E-state index >= 15 is 0 Å². The van der Waals surface area contributed by atoms with Crippen molar-refractivity contribution in [2.45, 2.75) is 26.3 Å². The van der Waals surface area contributed by atoms with Crippen molar-refractivity contribution >= 4 is 0 Å². The van der Waals surface area contributed by atoms with Crippen LogP contribution in [0.15, 0.2) is 24.4 Å². The third kappa shape index (κ3) is 2.81. The van der Waals surface area contributed by atoms with Gasteiger partial charge in [0, 0.05) is 18.8 Å². The van der Waals surface area contributed by atoms with E-state index in [0.29, 0.717) is 6.04 Å². The zero-order chi connectivity index (χ0) is 9.68. The van der Waals surface area contributed by atoms with Crippen molar-refractivity contribution in [3.8, 4) is 0 Å². The van der Waals surface area contributed by atoms with E-state index < -0.39 is 0 Å². The van der Waals surface area contributed by atoms with Crippen LogP contribution in [0.25, 0.3) is 0 Å². The molecule has 2 heteroatoms. The van der Waals surface area contributed by atoms with Crippen molar-refractivity contribution in [1.29, 1.82) is 0 Å². The van der Waals surface area contributed by atoms with E-state index in [4.69, 9.17) is 0 Å². The van der Waals surface area contributed by atoms with E-state index in [0.717, 1.165) is 12.1 Å². The maximum Gasteiger partial charge on any atom is 0.0572 e. The van der Waals surface area contributed by atoms with Crippen molar-refractivity contribution in [2.75, 3.05) is 7.05 Å². The average molecular weight is 177 g/mol. The number of aromatic nitrogens is 1. The molecule has 0 spiro atoms. The SMILES string of the molecule is CC[CH]N(C)C(C)c1ccccn1. The Hall–Kier alpha value is -0.890. The highest BCUT2D eigenvalue weighted by Gasteiger charge is 2.10. The third-order valence-corrected chi connectivity index (χ3v) is 2.20. The minimum Gasteiger partial charge on any atom is -0.294 e. The molecular weight excluding hydrogens is 160 g/mol. The van der Waals surface area contributed by atoms with Gasteiger partial charge < -0.3 is 0 Å². The molecule has 13 heavy (non-hydrogen) atoms. The molecule has 1 atom stereocenters. The summed E-state index contributed by atoms with van der Waals surface area (Å²) in [5.41, 5.74) is 1.12. The summed E-state index contributed by atoms with van der Waals surface area (Å²) in [6.07, 6.45) is 2.90. The van der Waals surface area contributed by atoms with Crippen LogP contribution < -0.4 is 0 Å². The monoisotopic (exact) mass is 177 g/mol. The van der Waals surface area contributed by atoms with Crippen LogP contribution in [0.3, 0.4) is 0 Å². The first kappa shape index (κ1) is 10.2. The van der Waals surface area contributed by atoms with E-state index in [-0.39, 0.29) is 0 Å². The first-order valence-corrected chi connectivity index (χ1v) is 4.72. The van der Waals surface area contributed by atoms with E-state index in [1.165, 1.54) is 0 Å². The molecule has 0 saturated heterocycles. The third-order valence-electron chi connectivity index (χ3n) is 2.20. The molecule has 0 fully saturated rings. The van der Waals surface area contributed by atoms with Crippen LogP contribution in [0.1, 0.15) is 32.0 Å². The first-order valence-electron chi connectivity index (χ1n) is 4.72. The zero-order valence-corrected chi connectivity index (χ0v) is 8.57. The second-order valence-corrected chi connectivity index (χ2v) is 3.19. The molecule has 1 aromatic rings. The van der Waals surface area contributed by atoms with Gasteiger partial charge in [0.05, 0.1) is 5.69 Å². The second kappa shape index (κ2) is 4.97. The molecule has 0 aliphatic carbocycles. The summed E-state index contributed by atoms with van der Waals surface area (Å²) in [5.74, 6) is 0. The maximum absolute atomic E-state index is 4.32. The van der Waals surface area contributed by atoms with E-state index in [2.05, 4.69) is 43.4 Å². The minimum atomic E-state index is 0.362. The van der Waals surface area contributed by atoms with Crippen LogP contribution in [0, 0.1) is 6.54 Å². The summed E-state index contributed by atoms with van der Waals surface area (Å²) >= 11 is 0. The van der Waals surface area contributed by atoms with Crippen molar-refractivity contribution < 1.29 is 0 Å². The van der Waals surface area contributed by atoms with Gasteiger partial charge in [-0.3, -0.25) is 9.88 Å².